The van der Waals surface area contributed by atoms with Crippen molar-refractivity contribution in [3.63, 3.8) is 0 Å². The minimum Gasteiger partial charge on any atom is -0.309 e. The quantitative estimate of drug-likeness (QED) is 0.176. The summed E-state index contributed by atoms with van der Waals surface area (Å²) in [4.78, 5) is 2.67. The van der Waals surface area contributed by atoms with Gasteiger partial charge in [0.1, 0.15) is 0 Å². The first-order valence-electron chi connectivity index (χ1n) is 19.5. The van der Waals surface area contributed by atoms with E-state index in [1.54, 1.807) is 0 Å². The van der Waals surface area contributed by atoms with Crippen molar-refractivity contribution in [1.82, 2.24) is 0 Å². The van der Waals surface area contributed by atoms with Crippen LogP contribution < -0.4 is 4.90 Å². The van der Waals surface area contributed by atoms with E-state index in [9.17, 15) is 0 Å². The van der Waals surface area contributed by atoms with E-state index in [4.69, 9.17) is 0 Å². The fourth-order valence-corrected chi connectivity index (χ4v) is 9.97. The van der Waals surface area contributed by atoms with Crippen LogP contribution in [0.3, 0.4) is 0 Å². The average molecular weight is 678 g/mol. The van der Waals surface area contributed by atoms with E-state index in [1.807, 2.05) is 0 Å². The van der Waals surface area contributed by atoms with Gasteiger partial charge in [0.2, 0.25) is 0 Å². The molecule has 52 heavy (non-hydrogen) atoms. The summed E-state index contributed by atoms with van der Waals surface area (Å²) in [6, 6.07) is 48.6. The van der Waals surface area contributed by atoms with Crippen molar-refractivity contribution >= 4 is 17.1 Å². The molecule has 0 saturated heterocycles. The summed E-state index contributed by atoms with van der Waals surface area (Å²) < 4.78 is 0. The number of hydrogen-bond acceptors (Lipinski definition) is 1. The molecule has 3 aliphatic carbocycles. The van der Waals surface area contributed by atoms with Gasteiger partial charge >= 0.3 is 0 Å². The second-order valence-corrected chi connectivity index (χ2v) is 17.4. The highest BCUT2D eigenvalue weighted by atomic mass is 15.2. The Balaban J connectivity index is 1.44. The topological polar surface area (TPSA) is 3.24 Å². The van der Waals surface area contributed by atoms with Gasteiger partial charge in [-0.3, -0.25) is 0 Å². The molecule has 0 atom stereocenters. The summed E-state index contributed by atoms with van der Waals surface area (Å²) in [5, 5.41) is 0. The lowest BCUT2D eigenvalue weighted by Crippen LogP contribution is -2.34. The minimum absolute atomic E-state index is 0.0492. The van der Waals surface area contributed by atoms with Crippen LogP contribution in [0.25, 0.3) is 33.4 Å². The van der Waals surface area contributed by atoms with Crippen LogP contribution in [0.5, 0.6) is 0 Å². The van der Waals surface area contributed by atoms with Crippen molar-refractivity contribution < 1.29 is 0 Å². The molecule has 1 heteroatoms. The first kappa shape index (κ1) is 33.0. The van der Waals surface area contributed by atoms with Gasteiger partial charge in [0.25, 0.3) is 0 Å². The number of para-hydroxylation sites is 1. The van der Waals surface area contributed by atoms with Crippen molar-refractivity contribution in [3.8, 4) is 33.4 Å². The molecule has 0 saturated carbocycles. The van der Waals surface area contributed by atoms with Crippen molar-refractivity contribution in [2.75, 3.05) is 4.90 Å². The van der Waals surface area contributed by atoms with Crippen LogP contribution in [0.2, 0.25) is 0 Å². The van der Waals surface area contributed by atoms with Crippen LogP contribution in [0.15, 0.2) is 127 Å². The van der Waals surface area contributed by atoms with E-state index >= 15 is 0 Å². The number of nitrogens with zero attached hydrogens (tertiary/aromatic N) is 1. The third-order valence-corrected chi connectivity index (χ3v) is 12.9. The maximum absolute atomic E-state index is 2.67. The maximum atomic E-state index is 2.67. The Hall–Kier alpha value is -4.88. The third kappa shape index (κ3) is 5.11. The SMILES string of the molecule is CC1(C)CCC(C)(C)c2c(-c3cc4c(cc3N(c3ccccc3)c3c(-c5ccccc5)ccc5c3CCCC5)C(C)(C)c3ccccc3-4)cccc21. The Bertz CT molecular complexity index is 2320. The molecule has 9 rings (SSSR count). The molecular weight excluding hydrogens is 627 g/mol. The molecule has 0 aliphatic heterocycles. The van der Waals surface area contributed by atoms with Gasteiger partial charge < -0.3 is 4.90 Å². The van der Waals surface area contributed by atoms with Crippen LogP contribution >= 0.6 is 0 Å². The molecule has 0 N–H and O–H groups in total. The molecule has 0 spiro atoms. The molecule has 0 unspecified atom stereocenters. The predicted molar refractivity (Wildman–Crippen MR) is 221 cm³/mol. The lowest BCUT2D eigenvalue weighted by Gasteiger charge is -2.43. The molecule has 0 amide bonds. The van der Waals surface area contributed by atoms with Crippen molar-refractivity contribution in [2.24, 2.45) is 0 Å². The second kappa shape index (κ2) is 12.1. The molecule has 3 aliphatic rings. The summed E-state index contributed by atoms with van der Waals surface area (Å²) in [7, 11) is 0. The van der Waals surface area contributed by atoms with Crippen LogP contribution in [0, 0.1) is 0 Å². The van der Waals surface area contributed by atoms with Crippen LogP contribution in [-0.2, 0) is 29.1 Å². The second-order valence-electron chi connectivity index (χ2n) is 17.4. The van der Waals surface area contributed by atoms with E-state index in [0.717, 1.165) is 12.8 Å². The molecule has 0 aromatic heterocycles. The summed E-state index contributed by atoms with van der Waals surface area (Å²) in [5.41, 5.74) is 20.7. The predicted octanol–water partition coefficient (Wildman–Crippen LogP) is 14.0. The molecule has 6 aromatic carbocycles. The largest absolute Gasteiger partial charge is 0.309 e. The van der Waals surface area contributed by atoms with Gasteiger partial charge in [-0.15, -0.1) is 0 Å². The fraction of sp³-hybridized carbons (Fsp3) is 0.294. The first-order chi connectivity index (χ1) is 25.1. The standard InChI is InChI=1S/C51H51N/c1-49(2)30-31-50(3,4)47-40(25-17-27-44(47)49)42-32-41-39-24-15-16-26-43(39)51(5,6)45(41)33-46(42)52(36-21-11-8-12-22-36)48-37-23-14-13-20-35(37)28-29-38(48)34-18-9-7-10-19-34/h7-12,15-19,21-22,24-29,32-33H,13-14,20,23,30-31H2,1-6H3. The first-order valence-corrected chi connectivity index (χ1v) is 19.5. The number of aryl methyl sites for hydroxylation is 1. The highest BCUT2D eigenvalue weighted by Gasteiger charge is 2.41. The smallest absolute Gasteiger partial charge is 0.0575 e. The minimum atomic E-state index is -0.128. The lowest BCUT2D eigenvalue weighted by molar-refractivity contribution is 0.333. The van der Waals surface area contributed by atoms with E-state index in [1.165, 1.54) is 110 Å². The molecule has 0 bridgehead atoms. The zero-order valence-electron chi connectivity index (χ0n) is 31.8. The number of fused-ring (bicyclic) bond motifs is 5. The maximum Gasteiger partial charge on any atom is 0.0575 e. The zero-order valence-corrected chi connectivity index (χ0v) is 31.8. The van der Waals surface area contributed by atoms with Crippen molar-refractivity contribution in [3.05, 3.63) is 161 Å². The molecule has 0 radical (unpaired) electrons. The van der Waals surface area contributed by atoms with Crippen molar-refractivity contribution in [2.45, 2.75) is 96.3 Å². The van der Waals surface area contributed by atoms with E-state index < -0.39 is 0 Å². The van der Waals surface area contributed by atoms with Gasteiger partial charge in [0.05, 0.1) is 11.4 Å². The normalized spacial score (nSPS) is 17.4. The highest BCUT2D eigenvalue weighted by Crippen LogP contribution is 2.57. The Morgan fingerprint density at radius 2 is 1.13 bits per heavy atom. The van der Waals surface area contributed by atoms with Gasteiger partial charge in [0, 0.05) is 22.2 Å². The van der Waals surface area contributed by atoms with Crippen LogP contribution in [0.1, 0.15) is 101 Å². The Morgan fingerprint density at radius 3 is 1.92 bits per heavy atom. The summed E-state index contributed by atoms with van der Waals surface area (Å²) in [5.74, 6) is 0. The van der Waals surface area contributed by atoms with E-state index in [0.29, 0.717) is 0 Å². The monoisotopic (exact) mass is 677 g/mol. The third-order valence-electron chi connectivity index (χ3n) is 12.9. The zero-order chi connectivity index (χ0) is 35.8. The number of rotatable bonds is 5. The molecule has 6 aromatic rings. The lowest BCUT2D eigenvalue weighted by atomic mass is 9.61. The number of hydrogen-bond donors (Lipinski definition) is 0. The average Bonchev–Trinajstić information content (AvgIpc) is 3.39. The molecular formula is C51H51N. The number of anilines is 3. The highest BCUT2D eigenvalue weighted by molar-refractivity contribution is 5.99. The molecule has 1 nitrogen and oxygen atoms in total. The molecule has 0 heterocycles. The summed E-state index contributed by atoms with van der Waals surface area (Å²) >= 11 is 0. The van der Waals surface area contributed by atoms with Crippen molar-refractivity contribution in [1.29, 1.82) is 0 Å². The fourth-order valence-electron chi connectivity index (χ4n) is 9.97. The van der Waals surface area contributed by atoms with Crippen LogP contribution in [0.4, 0.5) is 17.1 Å². The van der Waals surface area contributed by atoms with Gasteiger partial charge in [-0.25, -0.2) is 0 Å². The van der Waals surface area contributed by atoms with Gasteiger partial charge in [-0.05, 0) is 129 Å². The Kier molecular flexibility index (Phi) is 7.67. The molecule has 0 fully saturated rings. The van der Waals surface area contributed by atoms with Crippen LogP contribution in [-0.4, -0.2) is 0 Å². The van der Waals surface area contributed by atoms with Gasteiger partial charge in [0.15, 0.2) is 0 Å². The summed E-state index contributed by atoms with van der Waals surface area (Å²) in [6.07, 6.45) is 7.06. The summed E-state index contributed by atoms with van der Waals surface area (Å²) in [6.45, 7) is 14.7. The van der Waals surface area contributed by atoms with E-state index in [-0.39, 0.29) is 16.2 Å². The van der Waals surface area contributed by atoms with Gasteiger partial charge in [-0.2, -0.15) is 0 Å². The van der Waals surface area contributed by atoms with Gasteiger partial charge in [-0.1, -0.05) is 145 Å². The number of benzene rings is 6. The Labute approximate surface area is 311 Å². The Morgan fingerprint density at radius 1 is 0.481 bits per heavy atom. The van der Waals surface area contributed by atoms with E-state index in [2.05, 4.69) is 174 Å². The molecule has 260 valence electrons.